The number of rotatable bonds is 5. The van der Waals surface area contributed by atoms with Crippen LogP contribution in [0.15, 0.2) is 53.2 Å². The molecule has 0 aliphatic carbocycles. The number of nitro benzene ring substituents is 1. The first kappa shape index (κ1) is 22.8. The highest BCUT2D eigenvalue weighted by molar-refractivity contribution is 7.26. The smallest absolute Gasteiger partial charge is 0.433 e. The highest BCUT2D eigenvalue weighted by atomic mass is 32.1. The zero-order valence-corrected chi connectivity index (χ0v) is 19.5. The Morgan fingerprint density at radius 3 is 2.81 bits per heavy atom. The summed E-state index contributed by atoms with van der Waals surface area (Å²) in [5.74, 6) is 1.33. The molecule has 0 fully saturated rings. The van der Waals surface area contributed by atoms with Crippen LogP contribution in [0.5, 0.6) is 5.75 Å². The van der Waals surface area contributed by atoms with Gasteiger partial charge in [0.25, 0.3) is 5.69 Å². The van der Waals surface area contributed by atoms with Crippen molar-refractivity contribution in [3.05, 3.63) is 75.9 Å². The first-order chi connectivity index (χ1) is 17.7. The van der Waals surface area contributed by atoms with Gasteiger partial charge in [-0.15, -0.1) is 16.4 Å². The fourth-order valence-electron chi connectivity index (χ4n) is 3.88. The minimum absolute atomic E-state index is 0.0170. The lowest BCUT2D eigenvalue weighted by molar-refractivity contribution is -0.384. The molecule has 0 radical (unpaired) electrons. The molecule has 5 heterocycles. The minimum Gasteiger partial charge on any atom is -0.485 e. The molecule has 0 atom stereocenters. The molecule has 0 saturated heterocycles. The van der Waals surface area contributed by atoms with Crippen molar-refractivity contribution in [2.24, 2.45) is 0 Å². The number of alkyl halides is 3. The molecular formula is C23H13F3N6O4S. The van der Waals surface area contributed by atoms with Gasteiger partial charge in [0.05, 0.1) is 16.5 Å². The Kier molecular flexibility index (Phi) is 5.08. The van der Waals surface area contributed by atoms with Crippen LogP contribution in [-0.4, -0.2) is 29.5 Å². The first-order valence-electron chi connectivity index (χ1n) is 10.7. The monoisotopic (exact) mass is 526 g/mol. The van der Waals surface area contributed by atoms with Gasteiger partial charge in [-0.05, 0) is 36.8 Å². The van der Waals surface area contributed by atoms with Crippen molar-refractivity contribution in [2.75, 3.05) is 0 Å². The van der Waals surface area contributed by atoms with Gasteiger partial charge in [0, 0.05) is 11.5 Å². The number of furan rings is 1. The lowest BCUT2D eigenvalue weighted by atomic mass is 10.1. The van der Waals surface area contributed by atoms with E-state index in [-0.39, 0.29) is 22.9 Å². The average Bonchev–Trinajstić information content (AvgIpc) is 3.58. The first-order valence-corrected chi connectivity index (χ1v) is 11.5. The van der Waals surface area contributed by atoms with E-state index in [0.717, 1.165) is 17.4 Å². The van der Waals surface area contributed by atoms with E-state index < -0.39 is 16.8 Å². The Morgan fingerprint density at radius 2 is 2.03 bits per heavy atom. The molecule has 0 N–H and O–H groups in total. The highest BCUT2D eigenvalue weighted by Gasteiger charge is 2.33. The van der Waals surface area contributed by atoms with Gasteiger partial charge in [-0.3, -0.25) is 10.1 Å². The SMILES string of the molecule is Cc1cc(C(F)(F)F)nc2sc3c(ncn4nc(-c5ccc(COc6cccc([N+](=O)[O-])c6)o5)nc34)c12. The standard InChI is InChI=1S/C23H13F3N6O4S/c1-11-7-16(23(24,25)26)28-22-17(11)18-19(37-22)21-29-20(30-31(21)10-27-18)15-6-5-14(36-15)9-35-13-4-2-3-12(8-13)32(33)34/h2-8,10H,9H2,1H3. The van der Waals surface area contributed by atoms with Gasteiger partial charge in [0.1, 0.15) is 39.7 Å². The molecule has 37 heavy (non-hydrogen) atoms. The summed E-state index contributed by atoms with van der Waals surface area (Å²) in [6.07, 6.45) is -3.12. The lowest BCUT2D eigenvalue weighted by Crippen LogP contribution is -2.07. The zero-order valence-electron chi connectivity index (χ0n) is 18.7. The molecule has 0 aliphatic rings. The number of nitro groups is 1. The summed E-state index contributed by atoms with van der Waals surface area (Å²) in [5, 5.41) is 15.9. The fraction of sp³-hybridized carbons (Fsp3) is 0.130. The Balaban J connectivity index is 1.33. The number of fused-ring (bicyclic) bond motifs is 5. The summed E-state index contributed by atoms with van der Waals surface area (Å²) in [4.78, 5) is 23.4. The van der Waals surface area contributed by atoms with Crippen molar-refractivity contribution in [3.63, 3.8) is 0 Å². The van der Waals surface area contributed by atoms with Gasteiger partial charge in [-0.25, -0.2) is 19.5 Å². The van der Waals surface area contributed by atoms with Crippen molar-refractivity contribution >= 4 is 43.1 Å². The van der Waals surface area contributed by atoms with Crippen molar-refractivity contribution in [1.82, 2.24) is 24.6 Å². The van der Waals surface area contributed by atoms with Gasteiger partial charge in [0.2, 0.25) is 5.82 Å². The number of pyridine rings is 1. The third-order valence-corrected chi connectivity index (χ3v) is 6.62. The van der Waals surface area contributed by atoms with Crippen molar-refractivity contribution < 1.29 is 27.2 Å². The molecule has 0 amide bonds. The number of aromatic nitrogens is 5. The summed E-state index contributed by atoms with van der Waals surface area (Å²) < 4.78 is 53.1. The molecule has 0 spiro atoms. The topological polar surface area (TPSA) is 121 Å². The Morgan fingerprint density at radius 1 is 1.19 bits per heavy atom. The average molecular weight is 526 g/mol. The van der Waals surface area contributed by atoms with Gasteiger partial charge < -0.3 is 9.15 Å². The number of hydrogen-bond donors (Lipinski definition) is 0. The van der Waals surface area contributed by atoms with E-state index in [1.165, 1.54) is 29.0 Å². The van der Waals surface area contributed by atoms with Gasteiger partial charge in [-0.1, -0.05) is 6.07 Å². The van der Waals surface area contributed by atoms with E-state index in [2.05, 4.69) is 20.1 Å². The Bertz CT molecular complexity index is 1840. The third-order valence-electron chi connectivity index (χ3n) is 5.55. The number of hydrogen-bond acceptors (Lipinski definition) is 9. The van der Waals surface area contributed by atoms with Crippen LogP contribution in [-0.2, 0) is 12.8 Å². The van der Waals surface area contributed by atoms with Crippen LogP contribution in [0.1, 0.15) is 17.0 Å². The molecule has 10 nitrogen and oxygen atoms in total. The van der Waals surface area contributed by atoms with Crippen LogP contribution in [0.25, 0.3) is 37.7 Å². The second-order valence-corrected chi connectivity index (χ2v) is 9.04. The van der Waals surface area contributed by atoms with Crippen LogP contribution < -0.4 is 4.74 Å². The third kappa shape index (κ3) is 4.00. The van der Waals surface area contributed by atoms with E-state index in [1.807, 2.05) is 0 Å². The molecular weight excluding hydrogens is 513 g/mol. The molecule has 0 saturated carbocycles. The van der Waals surface area contributed by atoms with E-state index in [0.29, 0.717) is 44.1 Å². The van der Waals surface area contributed by atoms with Crippen LogP contribution >= 0.6 is 11.3 Å². The molecule has 0 aliphatic heterocycles. The van der Waals surface area contributed by atoms with Gasteiger partial charge in [0.15, 0.2) is 11.4 Å². The quantitative estimate of drug-likeness (QED) is 0.199. The Labute approximate surface area is 208 Å². The number of nitrogens with zero attached hydrogens (tertiary/aromatic N) is 6. The summed E-state index contributed by atoms with van der Waals surface area (Å²) in [6, 6.07) is 10.1. The minimum atomic E-state index is -4.56. The summed E-state index contributed by atoms with van der Waals surface area (Å²) in [5.41, 5.74) is 0.266. The van der Waals surface area contributed by atoms with E-state index >= 15 is 0 Å². The maximum absolute atomic E-state index is 13.3. The van der Waals surface area contributed by atoms with Gasteiger partial charge >= 0.3 is 6.18 Å². The molecule has 6 aromatic rings. The summed E-state index contributed by atoms with van der Waals surface area (Å²) in [6.45, 7) is 1.61. The van der Waals surface area contributed by atoms with E-state index in [9.17, 15) is 23.3 Å². The largest absolute Gasteiger partial charge is 0.485 e. The second kappa shape index (κ2) is 8.23. The summed E-state index contributed by atoms with van der Waals surface area (Å²) >= 11 is 1.06. The number of thiophene rings is 1. The molecule has 5 aromatic heterocycles. The predicted octanol–water partition coefficient (Wildman–Crippen LogP) is 5.96. The van der Waals surface area contributed by atoms with Crippen LogP contribution in [0.3, 0.4) is 0 Å². The molecule has 14 heteroatoms. The van der Waals surface area contributed by atoms with E-state index in [1.54, 1.807) is 25.1 Å². The summed E-state index contributed by atoms with van der Waals surface area (Å²) in [7, 11) is 0. The maximum atomic E-state index is 13.3. The fourth-order valence-corrected chi connectivity index (χ4v) is 5.06. The second-order valence-electron chi connectivity index (χ2n) is 8.04. The normalized spacial score (nSPS) is 12.1. The van der Waals surface area contributed by atoms with Crippen LogP contribution in [0.2, 0.25) is 0 Å². The molecule has 1 aromatic carbocycles. The van der Waals surface area contributed by atoms with Crippen molar-refractivity contribution in [1.29, 1.82) is 0 Å². The van der Waals surface area contributed by atoms with Crippen molar-refractivity contribution in [2.45, 2.75) is 19.7 Å². The number of benzene rings is 1. The predicted molar refractivity (Wildman–Crippen MR) is 126 cm³/mol. The highest BCUT2D eigenvalue weighted by Crippen LogP contribution is 2.38. The van der Waals surface area contributed by atoms with Gasteiger partial charge in [-0.2, -0.15) is 13.2 Å². The van der Waals surface area contributed by atoms with E-state index in [4.69, 9.17) is 9.15 Å². The van der Waals surface area contributed by atoms with Crippen LogP contribution in [0, 0.1) is 17.0 Å². The maximum Gasteiger partial charge on any atom is 0.433 e. The molecule has 6 rings (SSSR count). The Hall–Kier alpha value is -4.59. The molecule has 0 bridgehead atoms. The number of ether oxygens (including phenoxy) is 1. The molecule has 186 valence electrons. The number of aryl methyl sites for hydroxylation is 1. The van der Waals surface area contributed by atoms with Crippen molar-refractivity contribution in [3.8, 4) is 17.3 Å². The number of halogens is 3. The number of non-ortho nitro benzene ring substituents is 1. The molecule has 0 unspecified atom stereocenters. The van der Waals surface area contributed by atoms with Crippen LogP contribution in [0.4, 0.5) is 18.9 Å². The lowest BCUT2D eigenvalue weighted by Gasteiger charge is -2.06. The zero-order chi connectivity index (χ0) is 25.9.